The standard InChI is InChI=1S/C27H25Cl2F3N2O6S/c1-38-11-12-39-15-40-23-8-4-18(14-22(23)33-41(2,36)37)34-10-9-17-13-16(3-5-20(17)26(34)35)19-6-7-21(27(30,31)32)25(29)24(19)28/h3-8,13-14,33H,9-12,15H2,1-2H3. The molecular weight excluding hydrogens is 608 g/mol. The van der Waals surface area contributed by atoms with E-state index in [2.05, 4.69) is 4.72 Å². The average Bonchev–Trinajstić information content (AvgIpc) is 2.89. The minimum Gasteiger partial charge on any atom is -0.465 e. The van der Waals surface area contributed by atoms with Gasteiger partial charge in [0.05, 0.1) is 40.8 Å². The fraction of sp³-hybridized carbons (Fsp3) is 0.296. The molecule has 1 amide bonds. The van der Waals surface area contributed by atoms with E-state index in [1.165, 1.54) is 30.2 Å². The third-order valence-electron chi connectivity index (χ3n) is 6.18. The number of nitrogens with zero attached hydrogens (tertiary/aromatic N) is 1. The number of fused-ring (bicyclic) bond motifs is 1. The number of carbonyl (C=O) groups excluding carboxylic acids is 1. The maximum Gasteiger partial charge on any atom is 0.417 e. The minimum absolute atomic E-state index is 0.128. The zero-order chi connectivity index (χ0) is 29.9. The van der Waals surface area contributed by atoms with Crippen molar-refractivity contribution in [2.24, 2.45) is 0 Å². The van der Waals surface area contributed by atoms with Gasteiger partial charge in [-0.05, 0) is 47.9 Å². The van der Waals surface area contributed by atoms with Crippen LogP contribution < -0.4 is 14.4 Å². The van der Waals surface area contributed by atoms with Crippen LogP contribution in [0.3, 0.4) is 0 Å². The SMILES string of the molecule is COCCOCOc1ccc(N2CCc3cc(-c4ccc(C(F)(F)F)c(Cl)c4Cl)ccc3C2=O)cc1NS(C)(=O)=O. The Kier molecular flexibility index (Phi) is 9.39. The van der Waals surface area contributed by atoms with Gasteiger partial charge in [0.15, 0.2) is 6.79 Å². The molecule has 4 rings (SSSR count). The smallest absolute Gasteiger partial charge is 0.417 e. The number of alkyl halides is 3. The lowest BCUT2D eigenvalue weighted by Crippen LogP contribution is -2.37. The van der Waals surface area contributed by atoms with Gasteiger partial charge in [0.2, 0.25) is 10.0 Å². The molecule has 0 aromatic heterocycles. The van der Waals surface area contributed by atoms with E-state index in [1.807, 2.05) is 0 Å². The molecule has 3 aromatic rings. The summed E-state index contributed by atoms with van der Waals surface area (Å²) in [5.74, 6) is -0.130. The van der Waals surface area contributed by atoms with E-state index in [0.29, 0.717) is 41.0 Å². The Morgan fingerprint density at radius 3 is 2.41 bits per heavy atom. The molecule has 0 fully saturated rings. The van der Waals surface area contributed by atoms with Gasteiger partial charge in [-0.25, -0.2) is 8.42 Å². The second-order valence-electron chi connectivity index (χ2n) is 9.08. The van der Waals surface area contributed by atoms with Crippen LogP contribution in [0, 0.1) is 0 Å². The Balaban J connectivity index is 1.59. The number of rotatable bonds is 10. The van der Waals surface area contributed by atoms with Gasteiger partial charge in [0.25, 0.3) is 5.91 Å². The zero-order valence-corrected chi connectivity index (χ0v) is 24.2. The molecule has 14 heteroatoms. The second kappa shape index (κ2) is 12.5. The molecule has 41 heavy (non-hydrogen) atoms. The molecule has 0 unspecified atom stereocenters. The summed E-state index contributed by atoms with van der Waals surface area (Å²) in [4.78, 5) is 14.9. The van der Waals surface area contributed by atoms with Crippen LogP contribution in [0.5, 0.6) is 5.75 Å². The van der Waals surface area contributed by atoms with Crippen molar-refractivity contribution in [3.8, 4) is 16.9 Å². The summed E-state index contributed by atoms with van der Waals surface area (Å²) in [6.07, 6.45) is -3.24. The summed E-state index contributed by atoms with van der Waals surface area (Å²) in [7, 11) is -2.15. The Morgan fingerprint density at radius 2 is 1.73 bits per heavy atom. The maximum atomic E-state index is 13.4. The van der Waals surface area contributed by atoms with E-state index in [-0.39, 0.29) is 42.3 Å². The van der Waals surface area contributed by atoms with Crippen molar-refractivity contribution >= 4 is 50.5 Å². The van der Waals surface area contributed by atoms with Crippen LogP contribution in [-0.4, -0.2) is 54.2 Å². The number of sulfonamides is 1. The van der Waals surface area contributed by atoms with E-state index in [9.17, 15) is 26.4 Å². The summed E-state index contributed by atoms with van der Waals surface area (Å²) >= 11 is 12.1. The van der Waals surface area contributed by atoms with E-state index in [0.717, 1.165) is 12.3 Å². The van der Waals surface area contributed by atoms with Gasteiger partial charge in [-0.15, -0.1) is 0 Å². The molecule has 0 aliphatic carbocycles. The monoisotopic (exact) mass is 632 g/mol. The molecular formula is C27H25Cl2F3N2O6S. The van der Waals surface area contributed by atoms with Crippen LogP contribution in [0.1, 0.15) is 21.5 Å². The number of hydrogen-bond donors (Lipinski definition) is 1. The zero-order valence-electron chi connectivity index (χ0n) is 21.8. The lowest BCUT2D eigenvalue weighted by Gasteiger charge is -2.29. The van der Waals surface area contributed by atoms with Crippen LogP contribution in [-0.2, 0) is 32.1 Å². The molecule has 3 aromatic carbocycles. The fourth-order valence-corrected chi connectivity index (χ4v) is 5.40. The topological polar surface area (TPSA) is 94.2 Å². The Bertz CT molecular complexity index is 1570. The highest BCUT2D eigenvalue weighted by Gasteiger charge is 2.35. The molecule has 1 aliphatic rings. The molecule has 0 atom stereocenters. The maximum absolute atomic E-state index is 13.4. The van der Waals surface area contributed by atoms with Crippen LogP contribution >= 0.6 is 23.2 Å². The van der Waals surface area contributed by atoms with Gasteiger partial charge in [0.1, 0.15) is 5.75 Å². The molecule has 1 N–H and O–H groups in total. The fourth-order valence-electron chi connectivity index (χ4n) is 4.29. The van der Waals surface area contributed by atoms with E-state index < -0.39 is 26.8 Å². The van der Waals surface area contributed by atoms with Crippen molar-refractivity contribution in [3.63, 3.8) is 0 Å². The van der Waals surface area contributed by atoms with Gasteiger partial charge in [-0.2, -0.15) is 13.2 Å². The number of carbonyl (C=O) groups is 1. The molecule has 0 radical (unpaired) electrons. The van der Waals surface area contributed by atoms with Crippen molar-refractivity contribution in [3.05, 3.63) is 75.3 Å². The summed E-state index contributed by atoms with van der Waals surface area (Å²) in [5, 5.41) is -0.827. The van der Waals surface area contributed by atoms with Crippen LogP contribution in [0.25, 0.3) is 11.1 Å². The van der Waals surface area contributed by atoms with Crippen molar-refractivity contribution in [2.75, 3.05) is 49.5 Å². The lowest BCUT2D eigenvalue weighted by atomic mass is 9.93. The third-order valence-corrected chi connectivity index (χ3v) is 7.66. The van der Waals surface area contributed by atoms with E-state index >= 15 is 0 Å². The first-order valence-corrected chi connectivity index (χ1v) is 14.8. The Morgan fingerprint density at radius 1 is 1.00 bits per heavy atom. The van der Waals surface area contributed by atoms with Gasteiger partial charge < -0.3 is 19.1 Å². The highest BCUT2D eigenvalue weighted by Crippen LogP contribution is 2.43. The second-order valence-corrected chi connectivity index (χ2v) is 11.6. The summed E-state index contributed by atoms with van der Waals surface area (Å²) < 4.78 is 81.7. The van der Waals surface area contributed by atoms with Crippen molar-refractivity contribution < 1.29 is 40.6 Å². The third kappa shape index (κ3) is 7.25. The molecule has 220 valence electrons. The number of nitrogens with one attached hydrogen (secondary N) is 1. The number of hydrogen-bond acceptors (Lipinski definition) is 6. The molecule has 0 spiro atoms. The first kappa shape index (κ1) is 30.9. The minimum atomic E-state index is -4.65. The number of methoxy groups -OCH3 is 1. The van der Waals surface area contributed by atoms with Crippen LogP contribution in [0.2, 0.25) is 10.0 Å². The van der Waals surface area contributed by atoms with Gasteiger partial charge >= 0.3 is 6.18 Å². The molecule has 0 saturated carbocycles. The quantitative estimate of drug-likeness (QED) is 0.210. The predicted molar refractivity (Wildman–Crippen MR) is 151 cm³/mol. The predicted octanol–water partition coefficient (Wildman–Crippen LogP) is 6.25. The summed E-state index contributed by atoms with van der Waals surface area (Å²) in [6, 6.07) is 11.6. The van der Waals surface area contributed by atoms with Gasteiger partial charge in [-0.3, -0.25) is 9.52 Å². The van der Waals surface area contributed by atoms with Crippen LogP contribution in [0.15, 0.2) is 48.5 Å². The highest BCUT2D eigenvalue weighted by molar-refractivity contribution is 7.92. The number of halogens is 5. The Hall–Kier alpha value is -3.03. The Labute approximate surface area is 245 Å². The first-order valence-electron chi connectivity index (χ1n) is 12.1. The van der Waals surface area contributed by atoms with E-state index in [1.54, 1.807) is 24.3 Å². The highest BCUT2D eigenvalue weighted by atomic mass is 35.5. The number of amides is 1. The lowest BCUT2D eigenvalue weighted by molar-refractivity contribution is -0.137. The first-order chi connectivity index (χ1) is 19.3. The number of anilines is 2. The largest absolute Gasteiger partial charge is 0.465 e. The van der Waals surface area contributed by atoms with Crippen molar-refractivity contribution in [1.29, 1.82) is 0 Å². The summed E-state index contributed by atoms with van der Waals surface area (Å²) in [5.41, 5.74) is 1.41. The molecule has 0 saturated heterocycles. The van der Waals surface area contributed by atoms with Crippen molar-refractivity contribution in [2.45, 2.75) is 12.6 Å². The van der Waals surface area contributed by atoms with Gasteiger partial charge in [0, 0.05) is 30.5 Å². The molecule has 0 bridgehead atoms. The normalized spacial score (nSPS) is 13.7. The molecule has 8 nitrogen and oxygen atoms in total. The summed E-state index contributed by atoms with van der Waals surface area (Å²) in [6.45, 7) is 0.760. The van der Waals surface area contributed by atoms with Crippen LogP contribution in [0.4, 0.5) is 24.5 Å². The number of ether oxygens (including phenoxy) is 3. The van der Waals surface area contributed by atoms with Gasteiger partial charge in [-0.1, -0.05) is 41.4 Å². The average molecular weight is 633 g/mol. The number of benzene rings is 3. The molecule has 1 aliphatic heterocycles. The molecule has 1 heterocycles. The van der Waals surface area contributed by atoms with Crippen molar-refractivity contribution in [1.82, 2.24) is 0 Å². The van der Waals surface area contributed by atoms with E-state index in [4.69, 9.17) is 37.4 Å².